The number of benzene rings is 2. The quantitative estimate of drug-likeness (QED) is 0.679. The van der Waals surface area contributed by atoms with Gasteiger partial charge in [0.15, 0.2) is 5.13 Å². The summed E-state index contributed by atoms with van der Waals surface area (Å²) >= 11 is 1.31. The Morgan fingerprint density at radius 2 is 1.93 bits per heavy atom. The molecule has 2 N–H and O–H groups in total. The average molecular weight is 383 g/mol. The van der Waals surface area contributed by atoms with Crippen LogP contribution in [0, 0.1) is 5.82 Å². The predicted molar refractivity (Wildman–Crippen MR) is 104 cm³/mol. The molecular formula is C20H18FN3O2S. The number of rotatable bonds is 6. The zero-order valence-corrected chi connectivity index (χ0v) is 15.5. The van der Waals surface area contributed by atoms with Crippen LogP contribution in [-0.4, -0.2) is 23.3 Å². The van der Waals surface area contributed by atoms with Gasteiger partial charge in [-0.25, -0.2) is 9.37 Å². The van der Waals surface area contributed by atoms with E-state index in [2.05, 4.69) is 15.6 Å². The first kappa shape index (κ1) is 18.7. The second kappa shape index (κ2) is 8.55. The second-order valence-corrected chi connectivity index (χ2v) is 6.79. The third-order valence-electron chi connectivity index (χ3n) is 3.85. The topological polar surface area (TPSA) is 71.1 Å². The fourth-order valence-corrected chi connectivity index (χ4v) is 3.20. The summed E-state index contributed by atoms with van der Waals surface area (Å²) in [4.78, 5) is 27.5. The maximum Gasteiger partial charge on any atom is 0.257 e. The summed E-state index contributed by atoms with van der Waals surface area (Å²) in [6, 6.07) is 13.4. The molecule has 2 aromatic carbocycles. The Morgan fingerprint density at radius 1 is 1.15 bits per heavy atom. The van der Waals surface area contributed by atoms with E-state index in [-0.39, 0.29) is 11.5 Å². The molecule has 0 spiro atoms. The molecule has 0 radical (unpaired) electrons. The Kier molecular flexibility index (Phi) is 5.93. The minimum atomic E-state index is -0.457. The van der Waals surface area contributed by atoms with Crippen LogP contribution in [0.5, 0.6) is 0 Å². The maximum absolute atomic E-state index is 13.2. The van der Waals surface area contributed by atoms with Gasteiger partial charge < -0.3 is 5.32 Å². The van der Waals surface area contributed by atoms with Gasteiger partial charge in [-0.3, -0.25) is 14.9 Å². The van der Waals surface area contributed by atoms with Crippen molar-refractivity contribution in [1.82, 2.24) is 10.3 Å². The second-order valence-electron chi connectivity index (χ2n) is 5.93. The van der Waals surface area contributed by atoms with Gasteiger partial charge >= 0.3 is 0 Å². The van der Waals surface area contributed by atoms with Gasteiger partial charge in [-0.2, -0.15) is 0 Å². The predicted octanol–water partition coefficient (Wildman–Crippen LogP) is 3.88. The van der Waals surface area contributed by atoms with Crippen LogP contribution >= 0.6 is 11.3 Å². The molecule has 2 amide bonds. The van der Waals surface area contributed by atoms with Crippen molar-refractivity contribution in [2.45, 2.75) is 13.3 Å². The first-order valence-electron chi connectivity index (χ1n) is 8.37. The molecule has 0 aliphatic rings. The summed E-state index contributed by atoms with van der Waals surface area (Å²) < 4.78 is 13.2. The van der Waals surface area contributed by atoms with Gasteiger partial charge in [0, 0.05) is 30.0 Å². The summed E-state index contributed by atoms with van der Waals surface area (Å²) in [5.74, 6) is -0.897. The molecule has 0 aliphatic heterocycles. The average Bonchev–Trinajstić information content (AvgIpc) is 3.10. The Morgan fingerprint density at radius 3 is 2.63 bits per heavy atom. The molecule has 0 saturated carbocycles. The number of amides is 2. The lowest BCUT2D eigenvalue weighted by Crippen LogP contribution is -2.22. The zero-order valence-electron chi connectivity index (χ0n) is 14.7. The molecule has 27 heavy (non-hydrogen) atoms. The minimum absolute atomic E-state index is 0.0399. The van der Waals surface area contributed by atoms with Crippen molar-refractivity contribution in [2.24, 2.45) is 0 Å². The van der Waals surface area contributed by atoms with Crippen LogP contribution in [0.25, 0.3) is 11.3 Å². The van der Waals surface area contributed by atoms with Gasteiger partial charge in [-0.15, -0.1) is 11.3 Å². The highest BCUT2D eigenvalue weighted by molar-refractivity contribution is 7.14. The van der Waals surface area contributed by atoms with Crippen molar-refractivity contribution in [1.29, 1.82) is 0 Å². The molecule has 0 fully saturated rings. The van der Waals surface area contributed by atoms with Crippen LogP contribution in [0.1, 0.15) is 22.8 Å². The van der Waals surface area contributed by atoms with Gasteiger partial charge in [0.2, 0.25) is 5.91 Å². The van der Waals surface area contributed by atoms with Crippen LogP contribution in [0.15, 0.2) is 53.9 Å². The van der Waals surface area contributed by atoms with Crippen molar-refractivity contribution in [3.63, 3.8) is 0 Å². The van der Waals surface area contributed by atoms with Crippen LogP contribution in [0.2, 0.25) is 0 Å². The molecular weight excluding hydrogens is 365 g/mol. The standard InChI is InChI=1S/C20H18FN3O2S/c1-13(25)22-10-9-14-5-7-15(8-6-14)18-12-27-20(23-18)24-19(26)16-3-2-4-17(21)11-16/h2-8,11-12H,9-10H2,1H3,(H,22,25)(H,23,24,26). The van der Waals surface area contributed by atoms with E-state index in [9.17, 15) is 14.0 Å². The van der Waals surface area contributed by atoms with E-state index in [0.29, 0.717) is 11.7 Å². The van der Waals surface area contributed by atoms with Crippen LogP contribution in [0.4, 0.5) is 9.52 Å². The number of nitrogens with zero attached hydrogens (tertiary/aromatic N) is 1. The monoisotopic (exact) mass is 383 g/mol. The molecule has 7 heteroatoms. The number of hydrogen-bond acceptors (Lipinski definition) is 4. The van der Waals surface area contributed by atoms with E-state index in [1.807, 2.05) is 29.6 Å². The Balaban J connectivity index is 1.63. The molecule has 3 rings (SSSR count). The molecule has 5 nitrogen and oxygen atoms in total. The van der Waals surface area contributed by atoms with E-state index < -0.39 is 11.7 Å². The Bertz CT molecular complexity index is 954. The number of thiazole rings is 1. The SMILES string of the molecule is CC(=O)NCCc1ccc(-c2csc(NC(=O)c3cccc(F)c3)n2)cc1. The number of halogens is 1. The smallest absolute Gasteiger partial charge is 0.257 e. The summed E-state index contributed by atoms with van der Waals surface area (Å²) in [5.41, 5.74) is 3.04. The van der Waals surface area contributed by atoms with Crippen LogP contribution in [0.3, 0.4) is 0 Å². The van der Waals surface area contributed by atoms with E-state index in [0.717, 1.165) is 23.2 Å². The largest absolute Gasteiger partial charge is 0.356 e. The lowest BCUT2D eigenvalue weighted by Gasteiger charge is -2.04. The number of anilines is 1. The lowest BCUT2D eigenvalue weighted by atomic mass is 10.1. The van der Waals surface area contributed by atoms with E-state index >= 15 is 0 Å². The first-order valence-corrected chi connectivity index (χ1v) is 9.25. The summed E-state index contributed by atoms with van der Waals surface area (Å²) in [5, 5.41) is 7.76. The Hall–Kier alpha value is -3.06. The summed E-state index contributed by atoms with van der Waals surface area (Å²) in [7, 11) is 0. The fourth-order valence-electron chi connectivity index (χ4n) is 2.49. The molecule has 1 heterocycles. The molecule has 0 saturated heterocycles. The third-order valence-corrected chi connectivity index (χ3v) is 4.61. The number of carbonyl (C=O) groups excluding carboxylic acids is 2. The number of carbonyl (C=O) groups is 2. The van der Waals surface area contributed by atoms with Crippen LogP contribution < -0.4 is 10.6 Å². The highest BCUT2D eigenvalue weighted by atomic mass is 32.1. The van der Waals surface area contributed by atoms with E-state index in [1.165, 1.54) is 36.5 Å². The van der Waals surface area contributed by atoms with Gasteiger partial charge in [0.1, 0.15) is 5.82 Å². The molecule has 3 aromatic rings. The first-order chi connectivity index (χ1) is 13.0. The van der Waals surface area contributed by atoms with Crippen molar-refractivity contribution < 1.29 is 14.0 Å². The molecule has 0 aliphatic carbocycles. The zero-order chi connectivity index (χ0) is 19.2. The molecule has 0 unspecified atom stereocenters. The van der Waals surface area contributed by atoms with Gasteiger partial charge in [0.25, 0.3) is 5.91 Å². The third kappa shape index (κ3) is 5.21. The summed E-state index contributed by atoms with van der Waals surface area (Å²) in [6.07, 6.45) is 0.756. The minimum Gasteiger partial charge on any atom is -0.356 e. The fraction of sp³-hybridized carbons (Fsp3) is 0.150. The number of hydrogen-bond donors (Lipinski definition) is 2. The van der Waals surface area contributed by atoms with E-state index in [4.69, 9.17) is 0 Å². The number of aromatic nitrogens is 1. The maximum atomic E-state index is 13.2. The van der Waals surface area contributed by atoms with Crippen molar-refractivity contribution in [3.05, 3.63) is 70.9 Å². The molecule has 0 bridgehead atoms. The number of nitrogens with one attached hydrogen (secondary N) is 2. The highest BCUT2D eigenvalue weighted by Gasteiger charge is 2.10. The lowest BCUT2D eigenvalue weighted by molar-refractivity contribution is -0.118. The molecule has 138 valence electrons. The Labute approximate surface area is 160 Å². The van der Waals surface area contributed by atoms with Crippen LogP contribution in [-0.2, 0) is 11.2 Å². The van der Waals surface area contributed by atoms with Crippen molar-refractivity contribution in [3.8, 4) is 11.3 Å². The van der Waals surface area contributed by atoms with Gasteiger partial charge in [-0.05, 0) is 30.2 Å². The van der Waals surface area contributed by atoms with Gasteiger partial charge in [-0.1, -0.05) is 30.3 Å². The summed E-state index contributed by atoms with van der Waals surface area (Å²) in [6.45, 7) is 2.09. The van der Waals surface area contributed by atoms with E-state index in [1.54, 1.807) is 6.07 Å². The molecule has 1 aromatic heterocycles. The van der Waals surface area contributed by atoms with Gasteiger partial charge in [0.05, 0.1) is 5.69 Å². The van der Waals surface area contributed by atoms with Crippen molar-refractivity contribution >= 4 is 28.3 Å². The molecule has 0 atom stereocenters. The highest BCUT2D eigenvalue weighted by Crippen LogP contribution is 2.25. The van der Waals surface area contributed by atoms with Crippen molar-refractivity contribution in [2.75, 3.05) is 11.9 Å². The normalized spacial score (nSPS) is 10.4.